The molecule has 1 aliphatic heterocycles. The molecule has 2 heterocycles. The number of thioether (sulfide) groups is 1. The molecular weight excluding hydrogens is 504 g/mol. The maximum atomic E-state index is 13.1. The SMILES string of the molecule is O=C1/C(=C/c2cc(Br)c(Br)o2)SC(=Nc2ccccc2)N1Cc1ccccc1. The molecule has 1 aliphatic rings. The van der Waals surface area contributed by atoms with Crippen LogP contribution in [-0.2, 0) is 11.3 Å². The van der Waals surface area contributed by atoms with Gasteiger partial charge >= 0.3 is 0 Å². The lowest BCUT2D eigenvalue weighted by molar-refractivity contribution is -0.122. The molecule has 0 spiro atoms. The third kappa shape index (κ3) is 4.32. The van der Waals surface area contributed by atoms with Crippen LogP contribution < -0.4 is 0 Å². The second kappa shape index (κ2) is 8.51. The molecular formula is C21H14Br2N2O2S. The summed E-state index contributed by atoms with van der Waals surface area (Å²) in [6, 6.07) is 21.3. The highest BCUT2D eigenvalue weighted by molar-refractivity contribution is 9.13. The second-order valence-corrected chi connectivity index (χ2v) is 8.57. The monoisotopic (exact) mass is 516 g/mol. The third-order valence-electron chi connectivity index (χ3n) is 3.99. The molecule has 0 N–H and O–H groups in total. The van der Waals surface area contributed by atoms with Crippen molar-refractivity contribution in [1.82, 2.24) is 4.90 Å². The van der Waals surface area contributed by atoms with Crippen LogP contribution in [0.2, 0.25) is 0 Å². The van der Waals surface area contributed by atoms with Gasteiger partial charge in [-0.15, -0.1) is 0 Å². The van der Waals surface area contributed by atoms with Crippen molar-refractivity contribution < 1.29 is 9.21 Å². The number of amidine groups is 1. The summed E-state index contributed by atoms with van der Waals surface area (Å²) in [5, 5.41) is 0.649. The van der Waals surface area contributed by atoms with Crippen LogP contribution >= 0.6 is 43.6 Å². The maximum absolute atomic E-state index is 13.1. The van der Waals surface area contributed by atoms with Crippen LogP contribution in [0.5, 0.6) is 0 Å². The fourth-order valence-electron chi connectivity index (χ4n) is 2.67. The first kappa shape index (κ1) is 19.2. The summed E-state index contributed by atoms with van der Waals surface area (Å²) in [4.78, 5) is 20.1. The van der Waals surface area contributed by atoms with E-state index in [0.717, 1.165) is 15.7 Å². The number of halogens is 2. The predicted molar refractivity (Wildman–Crippen MR) is 120 cm³/mol. The van der Waals surface area contributed by atoms with Crippen LogP contribution in [0, 0.1) is 0 Å². The van der Waals surface area contributed by atoms with E-state index in [-0.39, 0.29) is 5.91 Å². The number of carbonyl (C=O) groups excluding carboxylic acids is 1. The molecule has 1 saturated heterocycles. The average Bonchev–Trinajstić information content (AvgIpc) is 3.17. The van der Waals surface area contributed by atoms with Crippen molar-refractivity contribution in [3.8, 4) is 0 Å². The summed E-state index contributed by atoms with van der Waals surface area (Å²) in [5.74, 6) is 0.502. The Morgan fingerprint density at radius 3 is 2.36 bits per heavy atom. The fraction of sp³-hybridized carbons (Fsp3) is 0.0476. The van der Waals surface area contributed by atoms with Gasteiger partial charge in [0.1, 0.15) is 5.76 Å². The molecule has 7 heteroatoms. The summed E-state index contributed by atoms with van der Waals surface area (Å²) in [7, 11) is 0. The lowest BCUT2D eigenvalue weighted by Crippen LogP contribution is -2.28. The summed E-state index contributed by atoms with van der Waals surface area (Å²) >= 11 is 8.07. The molecule has 3 aromatic rings. The first-order valence-electron chi connectivity index (χ1n) is 8.44. The summed E-state index contributed by atoms with van der Waals surface area (Å²) in [5.41, 5.74) is 1.85. The van der Waals surface area contributed by atoms with Crippen LogP contribution in [0.3, 0.4) is 0 Å². The van der Waals surface area contributed by atoms with Crippen LogP contribution in [0.25, 0.3) is 6.08 Å². The van der Waals surface area contributed by atoms with Crippen molar-refractivity contribution in [2.45, 2.75) is 6.54 Å². The number of benzene rings is 2. The number of hydrogen-bond acceptors (Lipinski definition) is 4. The predicted octanol–water partition coefficient (Wildman–Crippen LogP) is 6.61. The summed E-state index contributed by atoms with van der Waals surface area (Å²) in [6.45, 7) is 0.460. The minimum Gasteiger partial charge on any atom is -0.449 e. The number of nitrogens with zero attached hydrogens (tertiary/aromatic N) is 2. The molecule has 1 fully saturated rings. The zero-order valence-corrected chi connectivity index (χ0v) is 18.5. The van der Waals surface area contributed by atoms with Gasteiger partial charge in [-0.2, -0.15) is 0 Å². The molecule has 0 saturated carbocycles. The maximum Gasteiger partial charge on any atom is 0.267 e. The Kier molecular flexibility index (Phi) is 5.85. The summed E-state index contributed by atoms with van der Waals surface area (Å²) in [6.07, 6.45) is 1.74. The zero-order valence-electron chi connectivity index (χ0n) is 14.5. The van der Waals surface area contributed by atoms with E-state index in [2.05, 4.69) is 31.9 Å². The van der Waals surface area contributed by atoms with Crippen molar-refractivity contribution in [2.24, 2.45) is 4.99 Å². The van der Waals surface area contributed by atoms with Gasteiger partial charge in [-0.05, 0) is 67.4 Å². The highest BCUT2D eigenvalue weighted by Crippen LogP contribution is 2.36. The highest BCUT2D eigenvalue weighted by Gasteiger charge is 2.33. The lowest BCUT2D eigenvalue weighted by atomic mass is 10.2. The van der Waals surface area contributed by atoms with Crippen LogP contribution in [0.1, 0.15) is 11.3 Å². The molecule has 1 amide bonds. The highest BCUT2D eigenvalue weighted by atomic mass is 79.9. The quantitative estimate of drug-likeness (QED) is 0.366. The van der Waals surface area contributed by atoms with Gasteiger partial charge in [0, 0.05) is 6.08 Å². The number of aliphatic imine (C=N–C) groups is 1. The van der Waals surface area contributed by atoms with Crippen molar-refractivity contribution >= 4 is 66.5 Å². The minimum atomic E-state index is -0.0906. The van der Waals surface area contributed by atoms with Crippen LogP contribution in [0.4, 0.5) is 5.69 Å². The molecule has 0 aliphatic carbocycles. The molecule has 2 aromatic carbocycles. The van der Waals surface area contributed by atoms with E-state index in [9.17, 15) is 4.79 Å². The Morgan fingerprint density at radius 1 is 1.04 bits per heavy atom. The van der Waals surface area contributed by atoms with Crippen LogP contribution in [-0.4, -0.2) is 16.0 Å². The molecule has 4 rings (SSSR count). The Bertz CT molecular complexity index is 1040. The second-order valence-electron chi connectivity index (χ2n) is 5.99. The van der Waals surface area contributed by atoms with Gasteiger partial charge in [0.15, 0.2) is 9.84 Å². The Hall–Kier alpha value is -2.09. The van der Waals surface area contributed by atoms with E-state index < -0.39 is 0 Å². The Morgan fingerprint density at radius 2 is 1.71 bits per heavy atom. The van der Waals surface area contributed by atoms with E-state index in [4.69, 9.17) is 9.41 Å². The Balaban J connectivity index is 1.70. The van der Waals surface area contributed by atoms with E-state index in [1.807, 2.05) is 66.7 Å². The summed E-state index contributed by atoms with van der Waals surface area (Å²) < 4.78 is 6.99. The molecule has 1 aromatic heterocycles. The van der Waals surface area contributed by atoms with Crippen molar-refractivity contribution in [1.29, 1.82) is 0 Å². The largest absolute Gasteiger partial charge is 0.449 e. The zero-order chi connectivity index (χ0) is 19.5. The lowest BCUT2D eigenvalue weighted by Gasteiger charge is -2.15. The van der Waals surface area contributed by atoms with Crippen molar-refractivity contribution in [3.63, 3.8) is 0 Å². The number of furan rings is 1. The van der Waals surface area contributed by atoms with Crippen molar-refractivity contribution in [2.75, 3.05) is 0 Å². The number of hydrogen-bond donors (Lipinski definition) is 0. The molecule has 0 unspecified atom stereocenters. The first-order valence-corrected chi connectivity index (χ1v) is 10.8. The number of carbonyl (C=O) groups is 1. The van der Waals surface area contributed by atoms with Crippen molar-refractivity contribution in [3.05, 3.63) is 92.1 Å². The third-order valence-corrected chi connectivity index (χ3v) is 6.71. The van der Waals surface area contributed by atoms with Gasteiger partial charge < -0.3 is 4.42 Å². The molecule has 0 radical (unpaired) electrons. The molecule has 140 valence electrons. The molecule has 0 atom stereocenters. The van der Waals surface area contributed by atoms with E-state index >= 15 is 0 Å². The van der Waals surface area contributed by atoms with Crippen LogP contribution in [0.15, 0.2) is 90.2 Å². The fourth-order valence-corrected chi connectivity index (χ4v) is 4.26. The molecule has 28 heavy (non-hydrogen) atoms. The minimum absolute atomic E-state index is 0.0906. The smallest absolute Gasteiger partial charge is 0.267 e. The van der Waals surface area contributed by atoms with Gasteiger partial charge in [-0.1, -0.05) is 48.5 Å². The van der Waals surface area contributed by atoms with Gasteiger partial charge in [0.2, 0.25) is 0 Å². The van der Waals surface area contributed by atoms with Gasteiger partial charge in [-0.3, -0.25) is 9.69 Å². The standard InChI is InChI=1S/C21H14Br2N2O2S/c22-17-11-16(27-19(17)23)12-18-20(26)25(13-14-7-3-1-4-8-14)21(28-18)24-15-9-5-2-6-10-15/h1-12H,13H2/b18-12-,24-21?. The van der Waals surface area contributed by atoms with E-state index in [1.54, 1.807) is 11.0 Å². The number of para-hydroxylation sites is 1. The number of amides is 1. The van der Waals surface area contributed by atoms with Gasteiger partial charge in [0.05, 0.1) is 21.6 Å². The Labute approximate surface area is 183 Å². The first-order chi connectivity index (χ1) is 13.6. The molecule has 4 nitrogen and oxygen atoms in total. The van der Waals surface area contributed by atoms with E-state index in [1.165, 1.54) is 11.8 Å². The normalized spacial score (nSPS) is 17.1. The van der Waals surface area contributed by atoms with E-state index in [0.29, 0.717) is 27.0 Å². The van der Waals surface area contributed by atoms with Gasteiger partial charge in [0.25, 0.3) is 5.91 Å². The molecule has 0 bridgehead atoms. The van der Waals surface area contributed by atoms with Gasteiger partial charge in [-0.25, -0.2) is 4.99 Å². The number of rotatable bonds is 4. The topological polar surface area (TPSA) is 45.8 Å². The average molecular weight is 518 g/mol.